The maximum atomic E-state index is 5.53. The lowest BCUT2D eigenvalue weighted by molar-refractivity contribution is 1.33. The summed E-state index contributed by atoms with van der Waals surface area (Å²) in [5, 5.41) is 0. The molecule has 0 amide bonds. The molecule has 0 aromatic heterocycles. The van der Waals surface area contributed by atoms with E-state index < -0.39 is 0 Å². The number of rotatable bonds is 0. The van der Waals surface area contributed by atoms with Crippen LogP contribution >= 0.6 is 0 Å². The lowest BCUT2D eigenvalue weighted by Gasteiger charge is -1.98. The van der Waals surface area contributed by atoms with Crippen molar-refractivity contribution in [1.82, 2.24) is 0 Å². The second-order valence-corrected chi connectivity index (χ2v) is 2.34. The van der Waals surface area contributed by atoms with Gasteiger partial charge >= 0.3 is 0 Å². The van der Waals surface area contributed by atoms with Gasteiger partial charge in [0.25, 0.3) is 0 Å². The van der Waals surface area contributed by atoms with Crippen molar-refractivity contribution >= 4 is 0 Å². The van der Waals surface area contributed by atoms with Crippen molar-refractivity contribution in [1.29, 1.82) is 0 Å². The zero-order valence-electron chi connectivity index (χ0n) is 5.81. The van der Waals surface area contributed by atoms with Gasteiger partial charge in [-0.1, -0.05) is 18.2 Å². The van der Waals surface area contributed by atoms with Crippen molar-refractivity contribution in [2.45, 2.75) is 13.8 Å². The fourth-order valence-corrected chi connectivity index (χ4v) is 0.765. The predicted octanol–water partition coefficient (Wildman–Crippen LogP) is 2.36. The molecule has 0 unspecified atom stereocenters. The van der Waals surface area contributed by atoms with Crippen molar-refractivity contribution in [3.63, 3.8) is 0 Å². The first-order valence-electron chi connectivity index (χ1n) is 3.03. The van der Waals surface area contributed by atoms with Gasteiger partial charge in [0.05, 0.1) is 0 Å². The van der Waals surface area contributed by atoms with Gasteiger partial charge in [-0.05, 0) is 37.5 Å². The quantitative estimate of drug-likeness (QED) is 0.490. The number of benzene rings is 1. The normalized spacial score (nSPS) is 9.67. The van der Waals surface area contributed by atoms with E-state index in [9.17, 15) is 0 Å². The average Bonchev–Trinajstić information content (AvgIpc) is 1.80. The van der Waals surface area contributed by atoms with E-state index in [0.717, 1.165) is 5.56 Å². The molecule has 0 saturated carbocycles. The lowest BCUT2D eigenvalue weighted by Crippen LogP contribution is -1.79. The van der Waals surface area contributed by atoms with Crippen molar-refractivity contribution in [3.05, 3.63) is 41.8 Å². The Morgan fingerprint density at radius 1 is 1.11 bits per heavy atom. The molecule has 0 bridgehead atoms. The maximum Gasteiger partial charge on any atom is -0.00119 e. The minimum absolute atomic E-state index is 0.845. The fraction of sp³-hybridized carbons (Fsp3) is 0.222. The van der Waals surface area contributed by atoms with Gasteiger partial charge in [0, 0.05) is 0 Å². The maximum absolute atomic E-state index is 5.53. The Morgan fingerprint density at radius 2 is 1.78 bits per heavy atom. The van der Waals surface area contributed by atoms with E-state index in [4.69, 9.17) is 6.92 Å². The molecule has 46 valence electrons. The molecule has 9 heavy (non-hydrogen) atoms. The molecule has 0 aliphatic rings. The van der Waals surface area contributed by atoms with E-state index in [2.05, 4.69) is 13.8 Å². The molecule has 2 radical (unpaired) electrons. The lowest BCUT2D eigenvalue weighted by atomic mass is 10.1. The van der Waals surface area contributed by atoms with Gasteiger partial charge in [0.15, 0.2) is 0 Å². The zero-order valence-corrected chi connectivity index (χ0v) is 5.81. The molecular formula is C9H10. The third-order valence-electron chi connectivity index (χ3n) is 1.53. The summed E-state index contributed by atoms with van der Waals surface area (Å²) in [6.07, 6.45) is 0. The van der Waals surface area contributed by atoms with Gasteiger partial charge < -0.3 is 0 Å². The van der Waals surface area contributed by atoms with Crippen LogP contribution in [0.5, 0.6) is 0 Å². The van der Waals surface area contributed by atoms with Crippen molar-refractivity contribution in [3.8, 4) is 0 Å². The van der Waals surface area contributed by atoms with Crippen LogP contribution in [0, 0.1) is 20.8 Å². The molecular weight excluding hydrogens is 108 g/mol. The highest BCUT2D eigenvalue weighted by Gasteiger charge is 1.89. The summed E-state index contributed by atoms with van der Waals surface area (Å²) in [4.78, 5) is 0. The molecule has 0 aliphatic heterocycles. The van der Waals surface area contributed by atoms with Gasteiger partial charge in [-0.2, -0.15) is 0 Å². The van der Waals surface area contributed by atoms with Crippen LogP contribution in [0.4, 0.5) is 0 Å². The summed E-state index contributed by atoms with van der Waals surface area (Å²) in [5.74, 6) is 0. The third kappa shape index (κ3) is 1.32. The van der Waals surface area contributed by atoms with E-state index in [0.29, 0.717) is 0 Å². The minimum Gasteiger partial charge on any atom is -0.0588 e. The van der Waals surface area contributed by atoms with Crippen LogP contribution in [0.1, 0.15) is 16.7 Å². The smallest absolute Gasteiger partial charge is 0.00119 e. The molecule has 0 fully saturated rings. The molecule has 0 heteroatoms. The van der Waals surface area contributed by atoms with Crippen LogP contribution in [-0.4, -0.2) is 0 Å². The highest BCUT2D eigenvalue weighted by Crippen LogP contribution is 2.07. The van der Waals surface area contributed by atoms with Gasteiger partial charge in [-0.3, -0.25) is 0 Å². The summed E-state index contributed by atoms with van der Waals surface area (Å²) in [5.41, 5.74) is 3.40. The fourth-order valence-electron chi connectivity index (χ4n) is 0.765. The molecule has 0 aliphatic carbocycles. The highest BCUT2D eigenvalue weighted by atomic mass is 13.9. The zero-order chi connectivity index (χ0) is 6.85. The number of aryl methyl sites for hydroxylation is 2. The van der Waals surface area contributed by atoms with E-state index in [1.165, 1.54) is 11.1 Å². The van der Waals surface area contributed by atoms with Crippen molar-refractivity contribution in [2.75, 3.05) is 0 Å². The summed E-state index contributed by atoms with van der Waals surface area (Å²) < 4.78 is 0. The Bertz CT molecular complexity index is 211. The molecule has 1 aromatic rings. The van der Waals surface area contributed by atoms with E-state index in [-0.39, 0.29) is 0 Å². The minimum atomic E-state index is 0.845. The van der Waals surface area contributed by atoms with Gasteiger partial charge in [-0.15, -0.1) is 0 Å². The van der Waals surface area contributed by atoms with Crippen molar-refractivity contribution < 1.29 is 0 Å². The Morgan fingerprint density at radius 3 is 2.22 bits per heavy atom. The summed E-state index contributed by atoms with van der Waals surface area (Å²) in [6.45, 7) is 9.67. The SMILES string of the molecule is [CH]c1ccc(C)c(C)c1. The van der Waals surface area contributed by atoms with Crippen molar-refractivity contribution in [2.24, 2.45) is 0 Å². The Kier molecular flexibility index (Phi) is 1.56. The van der Waals surface area contributed by atoms with E-state index in [1.807, 2.05) is 18.2 Å². The summed E-state index contributed by atoms with van der Waals surface area (Å²) in [6, 6.07) is 5.93. The Hall–Kier alpha value is -0.780. The third-order valence-corrected chi connectivity index (χ3v) is 1.53. The molecule has 1 rings (SSSR count). The first-order chi connectivity index (χ1) is 4.20. The van der Waals surface area contributed by atoms with Crippen LogP contribution in [0.2, 0.25) is 0 Å². The predicted molar refractivity (Wildman–Crippen MR) is 39.3 cm³/mol. The van der Waals surface area contributed by atoms with E-state index in [1.54, 1.807) is 0 Å². The topological polar surface area (TPSA) is 0 Å². The van der Waals surface area contributed by atoms with Gasteiger partial charge in [0.2, 0.25) is 0 Å². The van der Waals surface area contributed by atoms with Crippen LogP contribution in [0.25, 0.3) is 0 Å². The monoisotopic (exact) mass is 118 g/mol. The average molecular weight is 118 g/mol. The molecule has 0 N–H and O–H groups in total. The molecule has 0 spiro atoms. The first-order valence-corrected chi connectivity index (χ1v) is 3.03. The standard InChI is InChI=1S/C9H10/c1-7-4-5-8(2)9(3)6-7/h1,4-6H,2-3H3. The number of hydrogen-bond acceptors (Lipinski definition) is 0. The number of hydrogen-bond donors (Lipinski definition) is 0. The van der Waals surface area contributed by atoms with Gasteiger partial charge in [0.1, 0.15) is 0 Å². The van der Waals surface area contributed by atoms with Crippen LogP contribution in [0.3, 0.4) is 0 Å². The summed E-state index contributed by atoms with van der Waals surface area (Å²) in [7, 11) is 0. The molecule has 1 aromatic carbocycles. The second kappa shape index (κ2) is 2.22. The van der Waals surface area contributed by atoms with Gasteiger partial charge in [-0.25, -0.2) is 0 Å². The Balaban J connectivity index is 3.17. The van der Waals surface area contributed by atoms with Crippen LogP contribution < -0.4 is 0 Å². The first kappa shape index (κ1) is 6.34. The molecule has 0 atom stereocenters. The van der Waals surface area contributed by atoms with Crippen LogP contribution in [0.15, 0.2) is 18.2 Å². The van der Waals surface area contributed by atoms with E-state index >= 15 is 0 Å². The largest absolute Gasteiger partial charge is 0.0588 e. The summed E-state index contributed by atoms with van der Waals surface area (Å²) >= 11 is 0. The molecule has 0 heterocycles. The second-order valence-electron chi connectivity index (χ2n) is 2.34. The molecule has 0 saturated heterocycles. The Labute approximate surface area is 56.5 Å². The molecule has 0 nitrogen and oxygen atoms in total. The van der Waals surface area contributed by atoms with Crippen LogP contribution in [-0.2, 0) is 0 Å². The highest BCUT2D eigenvalue weighted by molar-refractivity contribution is 5.30.